The van der Waals surface area contributed by atoms with Gasteiger partial charge in [0.15, 0.2) is 0 Å². The van der Waals surface area contributed by atoms with E-state index in [2.05, 4.69) is 26.1 Å². The number of aryl methyl sites for hydroxylation is 1. The second kappa shape index (κ2) is 9.54. The van der Waals surface area contributed by atoms with Crippen LogP contribution in [0, 0.1) is 17.2 Å². The van der Waals surface area contributed by atoms with Gasteiger partial charge < -0.3 is 25.0 Å². The molecule has 3 saturated heterocycles. The third kappa shape index (κ3) is 4.30. The summed E-state index contributed by atoms with van der Waals surface area (Å²) in [7, 11) is 0. The predicted octanol–water partition coefficient (Wildman–Crippen LogP) is 3.00. The van der Waals surface area contributed by atoms with Crippen LogP contribution in [0.4, 0.5) is 15.3 Å². The van der Waals surface area contributed by atoms with Gasteiger partial charge in [0.25, 0.3) is 0 Å². The fourth-order valence-corrected chi connectivity index (χ4v) is 9.16. The van der Waals surface area contributed by atoms with Gasteiger partial charge in [-0.1, -0.05) is 5.16 Å². The molecular weight excluding hydrogens is 573 g/mol. The fraction of sp³-hybridized carbons (Fsp3) is 0.655. The molecule has 0 bridgehead atoms. The van der Waals surface area contributed by atoms with Crippen molar-refractivity contribution >= 4 is 22.3 Å². The molecule has 12 nitrogen and oxygen atoms in total. The molecule has 0 unspecified atom stereocenters. The van der Waals surface area contributed by atoms with Crippen LogP contribution in [0.3, 0.4) is 0 Å². The van der Waals surface area contributed by atoms with E-state index < -0.39 is 17.2 Å². The minimum atomic E-state index is -0.867. The molecule has 226 valence electrons. The highest BCUT2D eigenvalue weighted by Gasteiger charge is 2.56. The van der Waals surface area contributed by atoms with Gasteiger partial charge >= 0.3 is 6.01 Å². The number of nitrogen functional groups attached to an aromatic ring is 1. The van der Waals surface area contributed by atoms with Gasteiger partial charge in [-0.05, 0) is 64.3 Å². The van der Waals surface area contributed by atoms with Crippen molar-refractivity contribution in [3.8, 4) is 23.7 Å². The largest absolute Gasteiger partial charge is 0.461 e. The number of nitrogens with two attached hydrogens (primary N) is 1. The van der Waals surface area contributed by atoms with Crippen LogP contribution < -0.4 is 15.4 Å². The van der Waals surface area contributed by atoms with Crippen LogP contribution in [0.5, 0.6) is 6.01 Å². The molecule has 0 radical (unpaired) electrons. The Balaban J connectivity index is 1.14. The highest BCUT2D eigenvalue weighted by Crippen LogP contribution is 2.50. The molecule has 4 fully saturated rings. The number of anilines is 2. The first-order chi connectivity index (χ1) is 20.7. The molecular formula is C29H34FN9O3S. The average Bonchev–Trinajstić information content (AvgIpc) is 3.43. The molecule has 5 aliphatic rings. The zero-order chi connectivity index (χ0) is 29.6. The molecule has 1 saturated carbocycles. The van der Waals surface area contributed by atoms with Gasteiger partial charge in [-0.2, -0.15) is 25.2 Å². The number of thiophene rings is 1. The first kappa shape index (κ1) is 27.2. The number of ether oxygens (including phenoxy) is 1. The molecule has 0 amide bonds. The van der Waals surface area contributed by atoms with Crippen molar-refractivity contribution in [2.45, 2.75) is 81.0 Å². The minimum absolute atomic E-state index is 0.114. The molecule has 8 rings (SSSR count). The number of aromatic nitrogens is 5. The monoisotopic (exact) mass is 607 g/mol. The van der Waals surface area contributed by atoms with E-state index in [1.807, 2.05) is 11.8 Å². The molecule has 0 aromatic carbocycles. The van der Waals surface area contributed by atoms with Crippen LogP contribution in [0.25, 0.3) is 11.6 Å². The number of alkyl halides is 1. The topological polar surface area (TPSA) is 163 Å². The Labute approximate surface area is 252 Å². The maximum atomic E-state index is 14.4. The van der Waals surface area contributed by atoms with Crippen molar-refractivity contribution in [2.75, 3.05) is 43.4 Å². The molecule has 5 atom stereocenters. The maximum Gasteiger partial charge on any atom is 0.321 e. The lowest BCUT2D eigenvalue weighted by atomic mass is 9.72. The zero-order valence-electron chi connectivity index (χ0n) is 24.1. The van der Waals surface area contributed by atoms with Crippen molar-refractivity contribution in [3.63, 3.8) is 0 Å². The van der Waals surface area contributed by atoms with E-state index in [0.717, 1.165) is 61.9 Å². The highest BCUT2D eigenvalue weighted by molar-refractivity contribution is 7.16. The van der Waals surface area contributed by atoms with Gasteiger partial charge in [-0.25, -0.2) is 4.39 Å². The van der Waals surface area contributed by atoms with E-state index in [1.54, 1.807) is 0 Å². The van der Waals surface area contributed by atoms with E-state index in [-0.39, 0.29) is 29.8 Å². The molecule has 14 heteroatoms. The second-order valence-corrected chi connectivity index (χ2v) is 14.3. The van der Waals surface area contributed by atoms with Crippen molar-refractivity contribution in [3.05, 3.63) is 21.9 Å². The molecule has 2 aliphatic carbocycles. The maximum absolute atomic E-state index is 14.4. The quantitative estimate of drug-likeness (QED) is 0.422. The van der Waals surface area contributed by atoms with Crippen LogP contribution in [0.1, 0.15) is 73.8 Å². The van der Waals surface area contributed by atoms with Crippen LogP contribution in [0.15, 0.2) is 4.52 Å². The number of nitriles is 1. The second-order valence-electron chi connectivity index (χ2n) is 13.2. The number of rotatable bonds is 6. The van der Waals surface area contributed by atoms with Crippen LogP contribution in [-0.2, 0) is 11.8 Å². The highest BCUT2D eigenvalue weighted by atomic mass is 32.1. The van der Waals surface area contributed by atoms with Crippen molar-refractivity contribution in [2.24, 2.45) is 5.92 Å². The normalized spacial score (nSPS) is 33.1. The fourth-order valence-electron chi connectivity index (χ4n) is 7.97. The Kier molecular flexibility index (Phi) is 6.03. The van der Waals surface area contributed by atoms with Crippen LogP contribution in [0.2, 0.25) is 0 Å². The summed E-state index contributed by atoms with van der Waals surface area (Å²) in [5, 5.41) is 25.5. The molecule has 0 spiro atoms. The molecule has 3 N–H and O–H groups in total. The van der Waals surface area contributed by atoms with E-state index in [1.165, 1.54) is 11.3 Å². The summed E-state index contributed by atoms with van der Waals surface area (Å²) in [5.74, 6) is 1.44. The Hall–Kier alpha value is -3.41. The first-order valence-corrected chi connectivity index (χ1v) is 15.9. The Bertz CT molecular complexity index is 1640. The summed E-state index contributed by atoms with van der Waals surface area (Å²) in [6, 6.07) is 2.39. The minimum Gasteiger partial charge on any atom is -0.461 e. The van der Waals surface area contributed by atoms with Crippen molar-refractivity contribution < 1.29 is 18.8 Å². The summed E-state index contributed by atoms with van der Waals surface area (Å²) < 4.78 is 26.5. The van der Waals surface area contributed by atoms with Gasteiger partial charge in [0.1, 0.15) is 23.8 Å². The van der Waals surface area contributed by atoms with Crippen LogP contribution >= 0.6 is 11.3 Å². The number of hydrogen-bond donors (Lipinski definition) is 2. The molecule has 6 heterocycles. The predicted molar refractivity (Wildman–Crippen MR) is 154 cm³/mol. The summed E-state index contributed by atoms with van der Waals surface area (Å²) >= 11 is 1.45. The Morgan fingerprint density at radius 1 is 1.19 bits per heavy atom. The Morgan fingerprint density at radius 2 is 2.07 bits per heavy atom. The van der Waals surface area contributed by atoms with Crippen LogP contribution in [-0.4, -0.2) is 85.2 Å². The number of nitrogens with zero attached hydrogens (tertiary/aromatic N) is 8. The van der Waals surface area contributed by atoms with E-state index in [0.29, 0.717) is 54.4 Å². The first-order valence-electron chi connectivity index (χ1n) is 15.1. The van der Waals surface area contributed by atoms with E-state index in [4.69, 9.17) is 25.0 Å². The number of β-amino-alcohol motifs (C(OH)–C–C–N with tert-alkyl or cyclic N) is 1. The lowest BCUT2D eigenvalue weighted by molar-refractivity contribution is 0.107. The summed E-state index contributed by atoms with van der Waals surface area (Å²) in [5.41, 5.74) is 5.79. The standard InChI is InChI=1S/C29H34FN9O3S/c1-27(6-2-4-19-20(27)18(12-31)21(32)43-19)24-33-23(37-42-24)22-34-25(38-9-5-16-10-29(16,40)14-38)36-26(35-22)41-15-28-7-3-8-39(28)13-17(30)11-28/h16-17,40H,2-11,13-15,32H2,1H3/t16-,17+,27-,28-,29-/m0/s1. The Morgan fingerprint density at radius 3 is 2.91 bits per heavy atom. The SMILES string of the molecule is C[C@]1(c2nc(-c3nc(OC[C@@]45CCCN4C[C@H](F)C5)nc(N4CC[C@H]5C[C@]5(O)C4)n3)no2)CCCc2sc(N)c(C#N)c21. The third-order valence-electron chi connectivity index (χ3n) is 10.4. The van der Waals surface area contributed by atoms with Crippen molar-refractivity contribution in [1.82, 2.24) is 30.0 Å². The van der Waals surface area contributed by atoms with Gasteiger partial charge in [-0.3, -0.25) is 4.90 Å². The summed E-state index contributed by atoms with van der Waals surface area (Å²) in [6.45, 7) is 4.70. The summed E-state index contributed by atoms with van der Waals surface area (Å²) in [4.78, 5) is 23.9. The van der Waals surface area contributed by atoms with Crippen molar-refractivity contribution in [1.29, 1.82) is 5.26 Å². The number of hydrogen-bond acceptors (Lipinski definition) is 13. The average molecular weight is 608 g/mol. The van der Waals surface area contributed by atoms with Gasteiger partial charge in [0.05, 0.1) is 22.1 Å². The lowest BCUT2D eigenvalue weighted by Crippen LogP contribution is -2.44. The molecule has 3 aromatic rings. The lowest BCUT2D eigenvalue weighted by Gasteiger charge is -2.31. The third-order valence-corrected chi connectivity index (χ3v) is 11.5. The van der Waals surface area contributed by atoms with E-state index in [9.17, 15) is 14.8 Å². The zero-order valence-corrected chi connectivity index (χ0v) is 24.9. The smallest absolute Gasteiger partial charge is 0.321 e. The van der Waals surface area contributed by atoms with Gasteiger partial charge in [-0.15, -0.1) is 11.3 Å². The van der Waals surface area contributed by atoms with Gasteiger partial charge in [0, 0.05) is 36.5 Å². The van der Waals surface area contributed by atoms with E-state index >= 15 is 0 Å². The molecule has 3 aromatic heterocycles. The van der Waals surface area contributed by atoms with Gasteiger partial charge in [0.2, 0.25) is 23.5 Å². The number of piperidine rings is 1. The molecule has 43 heavy (non-hydrogen) atoms. The summed E-state index contributed by atoms with van der Waals surface area (Å²) in [6.07, 6.45) is 5.55. The number of fused-ring (bicyclic) bond motifs is 3. The number of halogens is 1. The number of aliphatic hydroxyl groups is 1. The molecule has 3 aliphatic heterocycles.